The van der Waals surface area contributed by atoms with Crippen LogP contribution in [0.15, 0.2) is 114 Å². The van der Waals surface area contributed by atoms with Crippen LogP contribution in [0.1, 0.15) is 36.8 Å². The van der Waals surface area contributed by atoms with E-state index in [2.05, 4.69) is 5.32 Å². The van der Waals surface area contributed by atoms with Gasteiger partial charge in [-0.25, -0.2) is 8.42 Å². The molecule has 1 unspecified atom stereocenters. The number of halogens is 2. The Labute approximate surface area is 274 Å². The zero-order valence-corrected chi connectivity index (χ0v) is 27.0. The van der Waals surface area contributed by atoms with Gasteiger partial charge >= 0.3 is 0 Å². The van der Waals surface area contributed by atoms with Crippen molar-refractivity contribution in [2.24, 2.45) is 0 Å². The number of rotatable bonds is 12. The zero-order valence-electron chi connectivity index (χ0n) is 24.7. The highest BCUT2D eigenvalue weighted by Crippen LogP contribution is 2.27. The first-order valence-electron chi connectivity index (χ1n) is 14.9. The van der Waals surface area contributed by atoms with Crippen LogP contribution in [0, 0.1) is 0 Å². The molecule has 2 amide bonds. The molecule has 1 aliphatic carbocycles. The van der Waals surface area contributed by atoms with Gasteiger partial charge in [0.1, 0.15) is 12.6 Å². The Kier molecular flexibility index (Phi) is 10.8. The molecule has 10 heteroatoms. The van der Waals surface area contributed by atoms with Gasteiger partial charge in [-0.3, -0.25) is 13.9 Å². The summed E-state index contributed by atoms with van der Waals surface area (Å²) in [6.45, 7) is -0.563. The first-order valence-corrected chi connectivity index (χ1v) is 17.1. The van der Waals surface area contributed by atoms with Crippen molar-refractivity contribution in [3.05, 3.63) is 130 Å². The summed E-state index contributed by atoms with van der Waals surface area (Å²) in [5.41, 5.74) is 1.77. The lowest BCUT2D eigenvalue weighted by Gasteiger charge is -2.34. The van der Waals surface area contributed by atoms with Crippen molar-refractivity contribution in [3.63, 3.8) is 0 Å². The topological polar surface area (TPSA) is 86.8 Å². The molecule has 0 radical (unpaired) electrons. The van der Waals surface area contributed by atoms with E-state index in [1.807, 2.05) is 30.3 Å². The van der Waals surface area contributed by atoms with E-state index >= 15 is 0 Å². The largest absolute Gasteiger partial charge is 0.352 e. The van der Waals surface area contributed by atoms with E-state index in [1.165, 1.54) is 17.0 Å². The molecule has 0 saturated heterocycles. The van der Waals surface area contributed by atoms with E-state index in [4.69, 9.17) is 23.2 Å². The molecular weight excluding hydrogens is 629 g/mol. The normalized spacial score (nSPS) is 14.1. The Balaban J connectivity index is 1.56. The van der Waals surface area contributed by atoms with Crippen LogP contribution in [-0.4, -0.2) is 43.8 Å². The Morgan fingerprint density at radius 3 is 2.04 bits per heavy atom. The van der Waals surface area contributed by atoms with Gasteiger partial charge in [-0.15, -0.1) is 0 Å². The molecule has 1 atom stereocenters. The molecule has 0 aromatic heterocycles. The summed E-state index contributed by atoms with van der Waals surface area (Å²) in [7, 11) is -4.15. The summed E-state index contributed by atoms with van der Waals surface area (Å²) >= 11 is 12.8. The first-order chi connectivity index (χ1) is 21.7. The molecule has 0 heterocycles. The maximum absolute atomic E-state index is 14.5. The fourth-order valence-corrected chi connectivity index (χ4v) is 7.50. The van der Waals surface area contributed by atoms with Gasteiger partial charge in [-0.2, -0.15) is 0 Å². The number of nitrogens with zero attached hydrogens (tertiary/aromatic N) is 2. The third kappa shape index (κ3) is 8.25. The van der Waals surface area contributed by atoms with Gasteiger partial charge in [-0.05, 0) is 60.4 Å². The molecule has 0 bridgehead atoms. The quantitative estimate of drug-likeness (QED) is 0.179. The zero-order chi connectivity index (χ0) is 31.8. The van der Waals surface area contributed by atoms with Crippen LogP contribution >= 0.6 is 23.2 Å². The average molecular weight is 665 g/mol. The number of anilines is 1. The van der Waals surface area contributed by atoms with Gasteiger partial charge in [-0.1, -0.05) is 109 Å². The molecule has 1 fully saturated rings. The van der Waals surface area contributed by atoms with E-state index in [9.17, 15) is 18.0 Å². The molecule has 1 aliphatic rings. The summed E-state index contributed by atoms with van der Waals surface area (Å²) < 4.78 is 29.1. The van der Waals surface area contributed by atoms with Gasteiger partial charge in [0.05, 0.1) is 10.6 Å². The maximum atomic E-state index is 14.5. The number of benzene rings is 4. The molecule has 5 rings (SSSR count). The number of para-hydroxylation sites is 1. The lowest BCUT2D eigenvalue weighted by Crippen LogP contribution is -2.54. The molecule has 0 aliphatic heterocycles. The summed E-state index contributed by atoms with van der Waals surface area (Å²) in [4.78, 5) is 30.1. The maximum Gasteiger partial charge on any atom is 0.264 e. The van der Waals surface area contributed by atoms with E-state index in [0.29, 0.717) is 21.3 Å². The van der Waals surface area contributed by atoms with Gasteiger partial charge in [0.15, 0.2) is 0 Å². The summed E-state index contributed by atoms with van der Waals surface area (Å²) in [5, 5.41) is 3.94. The third-order valence-electron chi connectivity index (χ3n) is 7.98. The SMILES string of the molecule is O=C(NC1CCCC1)C(Cc1ccccc1)N(Cc1ccc(Cl)cc1Cl)C(=O)CN(c1ccccc1)S(=O)(=O)c1ccccc1. The van der Waals surface area contributed by atoms with Crippen LogP contribution in [0.2, 0.25) is 10.0 Å². The highest BCUT2D eigenvalue weighted by Gasteiger charge is 2.35. The van der Waals surface area contributed by atoms with Gasteiger partial charge in [0, 0.05) is 29.1 Å². The Morgan fingerprint density at radius 2 is 1.42 bits per heavy atom. The van der Waals surface area contributed by atoms with Crippen LogP contribution in [0.4, 0.5) is 5.69 Å². The van der Waals surface area contributed by atoms with E-state index in [1.54, 1.807) is 66.7 Å². The van der Waals surface area contributed by atoms with Crippen LogP contribution in [0.5, 0.6) is 0 Å². The van der Waals surface area contributed by atoms with E-state index in [0.717, 1.165) is 35.6 Å². The second kappa shape index (κ2) is 15.0. The molecule has 234 valence electrons. The first kappa shape index (κ1) is 32.5. The molecule has 4 aromatic rings. The fourth-order valence-electron chi connectivity index (χ4n) is 5.60. The molecule has 7 nitrogen and oxygen atoms in total. The van der Waals surface area contributed by atoms with Crippen molar-refractivity contribution in [2.75, 3.05) is 10.8 Å². The highest BCUT2D eigenvalue weighted by atomic mass is 35.5. The molecule has 1 N–H and O–H groups in total. The van der Waals surface area contributed by atoms with Crippen LogP contribution in [-0.2, 0) is 32.6 Å². The van der Waals surface area contributed by atoms with Gasteiger partial charge in [0.2, 0.25) is 11.8 Å². The number of hydrogen-bond acceptors (Lipinski definition) is 4. The molecule has 1 saturated carbocycles. The minimum atomic E-state index is -4.15. The smallest absolute Gasteiger partial charge is 0.264 e. The van der Waals surface area contributed by atoms with Crippen LogP contribution < -0.4 is 9.62 Å². The predicted molar refractivity (Wildman–Crippen MR) is 179 cm³/mol. The summed E-state index contributed by atoms with van der Waals surface area (Å²) in [6, 6.07) is 30.0. The van der Waals surface area contributed by atoms with Crippen molar-refractivity contribution < 1.29 is 18.0 Å². The monoisotopic (exact) mass is 663 g/mol. The standard InChI is InChI=1S/C35H35Cl2N3O4S/c36-28-21-20-27(32(37)23-28)24-39(33(22-26-12-4-1-5-13-26)35(42)38-29-14-10-11-15-29)34(41)25-40(30-16-6-2-7-17-30)45(43,44)31-18-8-3-9-19-31/h1-9,12-13,16-21,23,29,33H,10-11,14-15,22,24-25H2,(H,38,42). The van der Waals surface area contributed by atoms with Crippen LogP contribution in [0.3, 0.4) is 0 Å². The Hall–Kier alpha value is -3.85. The average Bonchev–Trinajstić information content (AvgIpc) is 3.56. The minimum absolute atomic E-state index is 0.0196. The number of amides is 2. The molecule has 45 heavy (non-hydrogen) atoms. The van der Waals surface area contributed by atoms with E-state index in [-0.39, 0.29) is 29.8 Å². The van der Waals surface area contributed by atoms with E-state index < -0.39 is 28.5 Å². The van der Waals surface area contributed by atoms with Crippen molar-refractivity contribution in [3.8, 4) is 0 Å². The number of carbonyl (C=O) groups is 2. The fraction of sp³-hybridized carbons (Fsp3) is 0.257. The molecular formula is C35H35Cl2N3O4S. The Morgan fingerprint density at radius 1 is 0.822 bits per heavy atom. The molecule has 0 spiro atoms. The number of nitrogens with one attached hydrogen (secondary N) is 1. The van der Waals surface area contributed by atoms with Gasteiger partial charge < -0.3 is 10.2 Å². The second-order valence-corrected chi connectivity index (χ2v) is 13.8. The lowest BCUT2D eigenvalue weighted by molar-refractivity contribution is -0.140. The lowest BCUT2D eigenvalue weighted by atomic mass is 10.0. The van der Waals surface area contributed by atoms with Crippen molar-refractivity contribution >= 4 is 50.7 Å². The van der Waals surface area contributed by atoms with Crippen molar-refractivity contribution in [1.82, 2.24) is 10.2 Å². The summed E-state index contributed by atoms with van der Waals surface area (Å²) in [6.07, 6.45) is 4.03. The minimum Gasteiger partial charge on any atom is -0.352 e. The van der Waals surface area contributed by atoms with Crippen molar-refractivity contribution in [1.29, 1.82) is 0 Å². The predicted octanol–water partition coefficient (Wildman–Crippen LogP) is 6.89. The number of sulfonamides is 1. The second-order valence-electron chi connectivity index (χ2n) is 11.1. The number of hydrogen-bond donors (Lipinski definition) is 1. The highest BCUT2D eigenvalue weighted by molar-refractivity contribution is 7.92. The Bertz CT molecular complexity index is 1700. The van der Waals surface area contributed by atoms with Crippen molar-refractivity contribution in [2.45, 2.75) is 55.6 Å². The molecule has 4 aromatic carbocycles. The van der Waals surface area contributed by atoms with Crippen LogP contribution in [0.25, 0.3) is 0 Å². The van der Waals surface area contributed by atoms with Gasteiger partial charge in [0.25, 0.3) is 10.0 Å². The number of carbonyl (C=O) groups excluding carboxylic acids is 2. The third-order valence-corrected chi connectivity index (χ3v) is 10.4. The summed E-state index contributed by atoms with van der Waals surface area (Å²) in [5.74, 6) is -0.840.